The van der Waals surface area contributed by atoms with Gasteiger partial charge in [-0.15, -0.1) is 0 Å². The Morgan fingerprint density at radius 1 is 0.589 bits per heavy atom. The van der Waals surface area contributed by atoms with Gasteiger partial charge in [-0.3, -0.25) is 0 Å². The minimum absolute atomic E-state index is 0.349. The average molecular weight is 720 g/mol. The zero-order chi connectivity index (χ0) is 37.6. The maximum atomic E-state index is 10.6. The van der Waals surface area contributed by atoms with E-state index >= 15 is 0 Å². The summed E-state index contributed by atoms with van der Waals surface area (Å²) in [5.74, 6) is -0.525. The summed E-state index contributed by atoms with van der Waals surface area (Å²) in [5, 5.41) is 27.0. The van der Waals surface area contributed by atoms with Crippen molar-refractivity contribution in [2.75, 3.05) is 4.90 Å². The number of para-hydroxylation sites is 5. The highest BCUT2D eigenvalue weighted by Crippen LogP contribution is 2.43. The van der Waals surface area contributed by atoms with E-state index in [4.69, 9.17) is 4.42 Å². The monoisotopic (exact) mass is 719 g/mol. The number of benzene rings is 7. The van der Waals surface area contributed by atoms with Gasteiger partial charge in [0.2, 0.25) is 0 Å². The van der Waals surface area contributed by atoms with Crippen LogP contribution in [-0.2, 0) is 0 Å². The number of hydrogen-bond donors (Lipinski definition) is 0. The lowest BCUT2D eigenvalue weighted by molar-refractivity contribution is 0.673. The van der Waals surface area contributed by atoms with Crippen LogP contribution in [0.4, 0.5) is 17.1 Å². The highest BCUT2D eigenvalue weighted by molar-refractivity contribution is 6.24. The van der Waals surface area contributed by atoms with Crippen LogP contribution in [0.1, 0.15) is 6.42 Å². The molecule has 0 N–H and O–H groups in total. The Hall–Kier alpha value is -7.80. The van der Waals surface area contributed by atoms with E-state index in [-0.39, 0.29) is 0 Å². The number of furan rings is 1. The highest BCUT2D eigenvalue weighted by Gasteiger charge is 2.21. The van der Waals surface area contributed by atoms with E-state index in [1.54, 1.807) is 6.08 Å². The van der Waals surface area contributed by atoms with Crippen molar-refractivity contribution in [2.45, 2.75) is 6.42 Å². The van der Waals surface area contributed by atoms with Gasteiger partial charge in [0.1, 0.15) is 11.2 Å². The largest absolute Gasteiger partial charge is 0.455 e. The zero-order valence-electron chi connectivity index (χ0n) is 30.2. The van der Waals surface area contributed by atoms with E-state index in [0.29, 0.717) is 6.42 Å². The minimum atomic E-state index is -0.525. The first-order valence-corrected chi connectivity index (χ1v) is 18.6. The number of nitriles is 2. The summed E-state index contributed by atoms with van der Waals surface area (Å²) in [6.45, 7) is 0. The van der Waals surface area contributed by atoms with Crippen molar-refractivity contribution >= 4 is 94.5 Å². The van der Waals surface area contributed by atoms with Gasteiger partial charge in [0.05, 0.1) is 45.5 Å². The summed E-state index contributed by atoms with van der Waals surface area (Å²) in [6, 6.07) is 61.0. The van der Waals surface area contributed by atoms with E-state index in [2.05, 4.69) is 135 Å². The van der Waals surface area contributed by atoms with Gasteiger partial charge in [-0.1, -0.05) is 97.1 Å². The topological polar surface area (TPSA) is 73.8 Å². The molecule has 264 valence electrons. The van der Waals surface area contributed by atoms with Gasteiger partial charge < -0.3 is 18.5 Å². The molecule has 56 heavy (non-hydrogen) atoms. The Labute approximate surface area is 322 Å². The summed E-state index contributed by atoms with van der Waals surface area (Å²) in [7, 11) is 0. The van der Waals surface area contributed by atoms with Crippen LogP contribution in [0.3, 0.4) is 0 Å². The van der Waals surface area contributed by atoms with E-state index in [0.717, 1.165) is 88.3 Å². The second-order valence-electron chi connectivity index (χ2n) is 13.9. The van der Waals surface area contributed by atoms with Crippen LogP contribution in [0.15, 0.2) is 180 Å². The first-order chi connectivity index (χ1) is 27.7. The van der Waals surface area contributed by atoms with Crippen molar-refractivity contribution in [3.05, 3.63) is 176 Å². The molecule has 3 aromatic heterocycles. The molecule has 0 aliphatic rings. The highest BCUT2D eigenvalue weighted by atomic mass is 16.3. The second kappa shape index (κ2) is 13.6. The molecule has 1 unspecified atom stereocenters. The van der Waals surface area contributed by atoms with Crippen LogP contribution >= 0.6 is 0 Å². The number of hydrogen-bond acceptors (Lipinski definition) is 4. The molecule has 1 atom stereocenters. The fraction of sp³-hybridized carbons (Fsp3) is 0.0400. The first kappa shape index (κ1) is 32.8. The van der Waals surface area contributed by atoms with E-state index < -0.39 is 5.92 Å². The van der Waals surface area contributed by atoms with Gasteiger partial charge in [-0.05, 0) is 72.8 Å². The van der Waals surface area contributed by atoms with Crippen molar-refractivity contribution < 1.29 is 4.42 Å². The van der Waals surface area contributed by atoms with Crippen LogP contribution in [0.2, 0.25) is 0 Å². The van der Waals surface area contributed by atoms with Crippen molar-refractivity contribution in [1.82, 2.24) is 9.13 Å². The number of anilines is 3. The van der Waals surface area contributed by atoms with Gasteiger partial charge in [-0.25, -0.2) is 0 Å². The number of nitrogens with zero attached hydrogens (tertiary/aromatic N) is 5. The van der Waals surface area contributed by atoms with Gasteiger partial charge in [0, 0.05) is 68.4 Å². The van der Waals surface area contributed by atoms with Crippen molar-refractivity contribution in [3.63, 3.8) is 0 Å². The fourth-order valence-electron chi connectivity index (χ4n) is 8.30. The van der Waals surface area contributed by atoms with Gasteiger partial charge >= 0.3 is 0 Å². The molecule has 0 saturated heterocycles. The minimum Gasteiger partial charge on any atom is -0.455 e. The zero-order valence-corrected chi connectivity index (χ0v) is 30.2. The number of fused-ring (bicyclic) bond motifs is 10. The molecule has 0 aliphatic carbocycles. The Balaban J connectivity index is 1.14. The maximum absolute atomic E-state index is 10.6. The fourth-order valence-corrected chi connectivity index (χ4v) is 8.30. The molecule has 0 aliphatic heterocycles. The second-order valence-corrected chi connectivity index (χ2v) is 13.9. The average Bonchev–Trinajstić information content (AvgIpc) is 3.90. The summed E-state index contributed by atoms with van der Waals surface area (Å²) in [5.41, 5.74) is 9.51. The lowest BCUT2D eigenvalue weighted by Gasteiger charge is -2.25. The molecule has 6 nitrogen and oxygen atoms in total. The summed E-state index contributed by atoms with van der Waals surface area (Å²) in [6.07, 6.45) is 5.88. The number of allylic oxidation sites excluding steroid dienone is 3. The Morgan fingerprint density at radius 3 is 1.86 bits per heavy atom. The SMILES string of the molecule is N#C/C=C(/CC(C#N)/C=C/n1c2ccc(N(c3ccccc3)c3ccccc3)cc2c2c3oc4ccccc4c3ccc21)n1c2ccccc2c2ccccc21. The molecule has 7 aromatic carbocycles. The van der Waals surface area contributed by atoms with Gasteiger partial charge in [0.25, 0.3) is 0 Å². The van der Waals surface area contributed by atoms with E-state index in [1.165, 1.54) is 0 Å². The van der Waals surface area contributed by atoms with E-state index in [1.807, 2.05) is 66.9 Å². The molecule has 0 spiro atoms. The molecule has 3 heterocycles. The third-order valence-corrected chi connectivity index (χ3v) is 10.7. The molecule has 0 fully saturated rings. The lowest BCUT2D eigenvalue weighted by atomic mass is 10.0. The van der Waals surface area contributed by atoms with E-state index in [9.17, 15) is 10.5 Å². The molecule has 0 bridgehead atoms. The van der Waals surface area contributed by atoms with Crippen LogP contribution < -0.4 is 4.90 Å². The molecular weight excluding hydrogens is 687 g/mol. The molecular formula is C50H33N5O. The molecule has 6 heteroatoms. The van der Waals surface area contributed by atoms with Crippen molar-refractivity contribution in [1.29, 1.82) is 10.5 Å². The predicted octanol–water partition coefficient (Wildman–Crippen LogP) is 13.3. The van der Waals surface area contributed by atoms with Gasteiger partial charge in [0.15, 0.2) is 0 Å². The molecule has 10 aromatic rings. The Morgan fingerprint density at radius 2 is 1.20 bits per heavy atom. The summed E-state index contributed by atoms with van der Waals surface area (Å²) < 4.78 is 10.9. The molecule has 0 saturated carbocycles. The van der Waals surface area contributed by atoms with Crippen LogP contribution in [0.5, 0.6) is 0 Å². The van der Waals surface area contributed by atoms with Crippen molar-refractivity contribution in [3.8, 4) is 12.1 Å². The molecule has 0 amide bonds. The van der Waals surface area contributed by atoms with Crippen LogP contribution in [0.25, 0.3) is 77.4 Å². The number of aromatic nitrogens is 2. The third kappa shape index (κ3) is 5.32. The smallest absolute Gasteiger partial charge is 0.145 e. The first-order valence-electron chi connectivity index (χ1n) is 18.6. The van der Waals surface area contributed by atoms with Crippen molar-refractivity contribution in [2.24, 2.45) is 5.92 Å². The Bertz CT molecular complexity index is 3170. The third-order valence-electron chi connectivity index (χ3n) is 10.7. The summed E-state index contributed by atoms with van der Waals surface area (Å²) in [4.78, 5) is 2.26. The normalized spacial score (nSPS) is 12.6. The standard InChI is InChI=1S/C50H33N5O/c51-29-27-38(55-45-20-10-7-17-39(45)40-18-8-11-21-46(40)55)31-34(33-52)28-30-53-44-25-23-37(54(35-13-3-1-4-14-35)36-15-5-2-6-16-36)32-43(44)49-47(53)26-24-42-41-19-9-12-22-48(41)56-50(42)49/h1-28,30,32,34H,31H2/b30-28+,38-27-. The lowest BCUT2D eigenvalue weighted by Crippen LogP contribution is -2.09. The summed E-state index contributed by atoms with van der Waals surface area (Å²) >= 11 is 0. The molecule has 0 radical (unpaired) electrons. The van der Waals surface area contributed by atoms with Gasteiger partial charge in [-0.2, -0.15) is 10.5 Å². The molecule has 10 rings (SSSR count). The Kier molecular flexibility index (Phi) is 7.95. The quantitative estimate of drug-likeness (QED) is 0.147. The number of rotatable bonds is 8. The predicted molar refractivity (Wildman–Crippen MR) is 230 cm³/mol. The van der Waals surface area contributed by atoms with Crippen LogP contribution in [0, 0.1) is 28.6 Å². The maximum Gasteiger partial charge on any atom is 0.145 e. The van der Waals surface area contributed by atoms with Crippen LogP contribution in [-0.4, -0.2) is 9.13 Å².